The number of methoxy groups -OCH3 is 1. The predicted molar refractivity (Wildman–Crippen MR) is 114 cm³/mol. The van der Waals surface area contributed by atoms with Crippen molar-refractivity contribution in [2.24, 2.45) is 0 Å². The smallest absolute Gasteiger partial charge is 0.295 e. The van der Waals surface area contributed by atoms with Crippen molar-refractivity contribution < 1.29 is 24.2 Å². The van der Waals surface area contributed by atoms with Crippen LogP contribution in [0.5, 0.6) is 5.75 Å². The van der Waals surface area contributed by atoms with Crippen LogP contribution < -0.4 is 4.74 Å². The van der Waals surface area contributed by atoms with Crippen molar-refractivity contribution in [2.75, 3.05) is 26.9 Å². The molecule has 6 heteroatoms. The highest BCUT2D eigenvalue weighted by Crippen LogP contribution is 2.40. The number of rotatable bonds is 8. The summed E-state index contributed by atoms with van der Waals surface area (Å²) in [6, 6.07) is 13.5. The molecule has 1 amide bonds. The molecule has 0 bridgehead atoms. The van der Waals surface area contributed by atoms with E-state index in [1.165, 1.54) is 12.0 Å². The van der Waals surface area contributed by atoms with Gasteiger partial charge in [0.05, 0.1) is 18.2 Å². The third-order valence-corrected chi connectivity index (χ3v) is 4.94. The number of carbonyl (C=O) groups excluding carboxylic acids is 2. The van der Waals surface area contributed by atoms with Crippen LogP contribution in [0.2, 0.25) is 0 Å². The molecule has 1 heterocycles. The predicted octanol–water partition coefficient (Wildman–Crippen LogP) is 3.63. The van der Waals surface area contributed by atoms with Gasteiger partial charge in [0.15, 0.2) is 0 Å². The van der Waals surface area contributed by atoms with Crippen molar-refractivity contribution >= 4 is 17.4 Å². The molecule has 0 aromatic heterocycles. The van der Waals surface area contributed by atoms with Gasteiger partial charge in [-0.25, -0.2) is 0 Å². The Kier molecular flexibility index (Phi) is 6.69. The number of benzene rings is 2. The average Bonchev–Trinajstić information content (AvgIpc) is 3.01. The van der Waals surface area contributed by atoms with Gasteiger partial charge in [0.2, 0.25) is 0 Å². The van der Waals surface area contributed by atoms with Crippen LogP contribution in [0.4, 0.5) is 0 Å². The quantitative estimate of drug-likeness (QED) is 0.313. The maximum atomic E-state index is 12.9. The van der Waals surface area contributed by atoms with Gasteiger partial charge in [0, 0.05) is 19.2 Å². The minimum absolute atomic E-state index is 0.0563. The third-order valence-electron chi connectivity index (χ3n) is 4.94. The second kappa shape index (κ2) is 9.41. The van der Waals surface area contributed by atoms with E-state index in [0.29, 0.717) is 23.5 Å². The van der Waals surface area contributed by atoms with E-state index in [9.17, 15) is 14.7 Å². The fourth-order valence-electron chi connectivity index (χ4n) is 3.44. The number of likely N-dealkylation sites (tertiary alicyclic amines) is 1. The van der Waals surface area contributed by atoms with Gasteiger partial charge in [-0.05, 0) is 24.6 Å². The Morgan fingerprint density at radius 2 is 1.93 bits per heavy atom. The molecule has 30 heavy (non-hydrogen) atoms. The Bertz CT molecular complexity index is 977. The molecule has 156 valence electrons. The van der Waals surface area contributed by atoms with Crippen LogP contribution in [0.25, 0.3) is 5.76 Å². The highest BCUT2D eigenvalue weighted by atomic mass is 16.5. The first-order valence-electron chi connectivity index (χ1n) is 9.66. The Balaban J connectivity index is 2.12. The highest BCUT2D eigenvalue weighted by Gasteiger charge is 2.45. The molecule has 1 N–H and O–H groups in total. The number of ether oxygens (including phenoxy) is 2. The lowest BCUT2D eigenvalue weighted by molar-refractivity contribution is -0.140. The van der Waals surface area contributed by atoms with Gasteiger partial charge in [-0.15, -0.1) is 0 Å². The molecule has 0 saturated carbocycles. The number of ketones is 1. The van der Waals surface area contributed by atoms with Gasteiger partial charge in [0.25, 0.3) is 11.7 Å². The van der Waals surface area contributed by atoms with Crippen LogP contribution in [0.15, 0.2) is 66.8 Å². The van der Waals surface area contributed by atoms with E-state index in [4.69, 9.17) is 9.47 Å². The summed E-state index contributed by atoms with van der Waals surface area (Å²) in [4.78, 5) is 27.1. The fraction of sp³-hybridized carbons (Fsp3) is 0.250. The van der Waals surface area contributed by atoms with Gasteiger partial charge < -0.3 is 19.5 Å². The molecule has 1 aliphatic heterocycles. The number of hydrogen-bond acceptors (Lipinski definition) is 5. The van der Waals surface area contributed by atoms with Crippen molar-refractivity contribution in [1.82, 2.24) is 4.90 Å². The lowest BCUT2D eigenvalue weighted by atomic mass is 9.95. The number of hydrogen-bond donors (Lipinski definition) is 1. The summed E-state index contributed by atoms with van der Waals surface area (Å²) < 4.78 is 10.7. The fourth-order valence-corrected chi connectivity index (χ4v) is 3.44. The normalized spacial score (nSPS) is 17.9. The molecule has 1 fully saturated rings. The van der Waals surface area contributed by atoms with Crippen LogP contribution >= 0.6 is 0 Å². The molecule has 2 aromatic carbocycles. The Morgan fingerprint density at radius 1 is 1.20 bits per heavy atom. The van der Waals surface area contributed by atoms with Crippen molar-refractivity contribution in [3.05, 3.63) is 83.4 Å². The standard InChI is InChI=1S/C24H25NO5/c1-4-13-30-19-7-5-6-18(15-19)21-20(22(26)17-10-8-16(2)9-11-17)23(27)24(28)25(21)12-14-29-3/h4-11,15,21,26H,1,12-14H2,2-3H3/b22-20+. The molecule has 1 atom stereocenters. The summed E-state index contributed by atoms with van der Waals surface area (Å²) >= 11 is 0. The molecule has 0 aliphatic carbocycles. The van der Waals surface area contributed by atoms with Crippen molar-refractivity contribution in [3.63, 3.8) is 0 Å². The summed E-state index contributed by atoms with van der Waals surface area (Å²) in [5.41, 5.74) is 2.23. The maximum Gasteiger partial charge on any atom is 0.295 e. The second-order valence-corrected chi connectivity index (χ2v) is 7.02. The molecule has 1 saturated heterocycles. The van der Waals surface area contributed by atoms with Gasteiger partial charge in [0.1, 0.15) is 18.1 Å². The first-order chi connectivity index (χ1) is 14.5. The summed E-state index contributed by atoms with van der Waals surface area (Å²) in [5.74, 6) is -0.995. The first kappa shape index (κ1) is 21.3. The van der Waals surface area contributed by atoms with Gasteiger partial charge in [-0.3, -0.25) is 9.59 Å². The van der Waals surface area contributed by atoms with Crippen molar-refractivity contribution in [1.29, 1.82) is 0 Å². The zero-order chi connectivity index (χ0) is 21.7. The summed E-state index contributed by atoms with van der Waals surface area (Å²) in [6.07, 6.45) is 1.63. The molecule has 3 rings (SSSR count). The SMILES string of the molecule is C=CCOc1cccc(C2/C(=C(\O)c3ccc(C)cc3)C(=O)C(=O)N2CCOC)c1. The first-order valence-corrected chi connectivity index (χ1v) is 9.66. The molecule has 0 radical (unpaired) electrons. The second-order valence-electron chi connectivity index (χ2n) is 7.02. The van der Waals surface area contributed by atoms with Gasteiger partial charge in [-0.2, -0.15) is 0 Å². The van der Waals surface area contributed by atoms with Crippen LogP contribution in [-0.2, 0) is 14.3 Å². The number of aliphatic hydroxyl groups is 1. The number of carbonyl (C=O) groups is 2. The van der Waals surface area contributed by atoms with Crippen molar-refractivity contribution in [3.8, 4) is 5.75 Å². The Hall–Kier alpha value is -3.38. The van der Waals surface area contributed by atoms with E-state index < -0.39 is 17.7 Å². The summed E-state index contributed by atoms with van der Waals surface area (Å²) in [7, 11) is 1.53. The zero-order valence-electron chi connectivity index (χ0n) is 17.1. The lowest BCUT2D eigenvalue weighted by Crippen LogP contribution is -2.32. The van der Waals surface area contributed by atoms with Crippen LogP contribution in [0.3, 0.4) is 0 Å². The molecule has 1 aliphatic rings. The van der Waals surface area contributed by atoms with E-state index in [-0.39, 0.29) is 24.5 Å². The average molecular weight is 407 g/mol. The monoisotopic (exact) mass is 407 g/mol. The zero-order valence-corrected chi connectivity index (χ0v) is 17.1. The van der Waals surface area contributed by atoms with Crippen LogP contribution in [0.1, 0.15) is 22.7 Å². The third kappa shape index (κ3) is 4.28. The number of nitrogens with zero attached hydrogens (tertiary/aromatic N) is 1. The largest absolute Gasteiger partial charge is 0.507 e. The molecule has 1 unspecified atom stereocenters. The maximum absolute atomic E-state index is 12.9. The highest BCUT2D eigenvalue weighted by molar-refractivity contribution is 6.46. The van der Waals surface area contributed by atoms with E-state index in [0.717, 1.165) is 5.56 Å². The Labute approximate surface area is 176 Å². The molecule has 0 spiro atoms. The van der Waals surface area contributed by atoms with Crippen molar-refractivity contribution in [2.45, 2.75) is 13.0 Å². The van der Waals surface area contributed by atoms with Crippen LogP contribution in [0, 0.1) is 6.92 Å². The lowest BCUT2D eigenvalue weighted by Gasteiger charge is -2.25. The topological polar surface area (TPSA) is 76.1 Å². The van der Waals surface area contributed by atoms with E-state index in [2.05, 4.69) is 6.58 Å². The Morgan fingerprint density at radius 3 is 2.60 bits per heavy atom. The number of amides is 1. The van der Waals surface area contributed by atoms with E-state index in [1.807, 2.05) is 19.1 Å². The minimum atomic E-state index is -0.742. The van der Waals surface area contributed by atoms with Gasteiger partial charge in [-0.1, -0.05) is 54.6 Å². The van der Waals surface area contributed by atoms with Crippen LogP contribution in [-0.4, -0.2) is 48.6 Å². The summed E-state index contributed by atoms with van der Waals surface area (Å²) in [6.45, 7) is 6.38. The molecular formula is C24H25NO5. The van der Waals surface area contributed by atoms with E-state index in [1.54, 1.807) is 42.5 Å². The molecule has 6 nitrogen and oxygen atoms in total. The number of Topliss-reactive ketones (excluding diaryl/α,β-unsaturated/α-hetero) is 1. The summed E-state index contributed by atoms with van der Waals surface area (Å²) in [5, 5.41) is 11.0. The number of aryl methyl sites for hydroxylation is 1. The van der Waals surface area contributed by atoms with E-state index >= 15 is 0 Å². The number of aliphatic hydroxyl groups excluding tert-OH is 1. The van der Waals surface area contributed by atoms with Gasteiger partial charge >= 0.3 is 0 Å². The molecular weight excluding hydrogens is 382 g/mol. The minimum Gasteiger partial charge on any atom is -0.507 e. The molecule has 2 aromatic rings.